The molecule has 0 saturated carbocycles. The lowest BCUT2D eigenvalue weighted by Crippen LogP contribution is -2.18. The van der Waals surface area contributed by atoms with E-state index >= 15 is 0 Å². The number of furan rings is 1. The molecule has 3 nitrogen and oxygen atoms in total. The molecular weight excluding hydrogens is 200 g/mol. The minimum absolute atomic E-state index is 0.145. The Morgan fingerprint density at radius 1 is 1.25 bits per heavy atom. The molecule has 0 aliphatic heterocycles. The van der Waals surface area contributed by atoms with E-state index in [0.29, 0.717) is 0 Å². The molecule has 0 spiro atoms. The number of nitrogens with one attached hydrogen (secondary N) is 1. The first-order valence-electron chi connectivity index (χ1n) is 5.36. The molecule has 3 heteroatoms. The Kier molecular flexibility index (Phi) is 3.06. The number of pyridine rings is 1. The molecule has 2 rings (SSSR count). The van der Waals surface area contributed by atoms with Crippen molar-refractivity contribution in [2.45, 2.75) is 19.9 Å². The molecule has 0 aliphatic rings. The minimum atomic E-state index is 0.145. The van der Waals surface area contributed by atoms with Crippen LogP contribution in [0.5, 0.6) is 0 Å². The molecule has 0 radical (unpaired) electrons. The first-order valence-corrected chi connectivity index (χ1v) is 5.36. The lowest BCUT2D eigenvalue weighted by atomic mass is 10.00. The molecule has 2 heterocycles. The Hall–Kier alpha value is -1.61. The number of nitrogens with zero attached hydrogens (tertiary/aromatic N) is 1. The van der Waals surface area contributed by atoms with Crippen LogP contribution in [0.15, 0.2) is 35.1 Å². The molecule has 1 unspecified atom stereocenters. The average molecular weight is 216 g/mol. The molecule has 16 heavy (non-hydrogen) atoms. The average Bonchev–Trinajstić information content (AvgIpc) is 2.75. The van der Waals surface area contributed by atoms with Crippen LogP contribution >= 0.6 is 0 Å². The van der Waals surface area contributed by atoms with Crippen molar-refractivity contribution in [2.75, 3.05) is 7.05 Å². The Labute approximate surface area is 95.5 Å². The van der Waals surface area contributed by atoms with Gasteiger partial charge in [0.1, 0.15) is 0 Å². The Morgan fingerprint density at radius 2 is 2.06 bits per heavy atom. The highest BCUT2D eigenvalue weighted by atomic mass is 16.3. The van der Waals surface area contributed by atoms with Gasteiger partial charge >= 0.3 is 0 Å². The summed E-state index contributed by atoms with van der Waals surface area (Å²) in [5.41, 5.74) is 4.41. The van der Waals surface area contributed by atoms with Gasteiger partial charge in [0, 0.05) is 17.0 Å². The van der Waals surface area contributed by atoms with Gasteiger partial charge in [-0.15, -0.1) is 0 Å². The highest BCUT2D eigenvalue weighted by molar-refractivity contribution is 5.32. The van der Waals surface area contributed by atoms with Crippen LogP contribution in [0.4, 0.5) is 0 Å². The maximum absolute atomic E-state index is 5.12. The van der Waals surface area contributed by atoms with E-state index in [1.165, 1.54) is 5.56 Å². The molecular formula is C13H16N2O. The van der Waals surface area contributed by atoms with Crippen LogP contribution in [0.2, 0.25) is 0 Å². The molecule has 0 saturated heterocycles. The third kappa shape index (κ3) is 1.99. The van der Waals surface area contributed by atoms with Gasteiger partial charge < -0.3 is 9.73 Å². The summed E-state index contributed by atoms with van der Waals surface area (Å²) in [4.78, 5) is 4.48. The van der Waals surface area contributed by atoms with E-state index in [-0.39, 0.29) is 6.04 Å². The zero-order chi connectivity index (χ0) is 11.5. The summed E-state index contributed by atoms with van der Waals surface area (Å²) in [6.45, 7) is 4.04. The summed E-state index contributed by atoms with van der Waals surface area (Å²) < 4.78 is 5.12. The maximum atomic E-state index is 5.12. The SMILES string of the molecule is CNC(c1ccoc1)c1ccc(C)nc1C. The number of aromatic nitrogens is 1. The number of aryl methyl sites for hydroxylation is 2. The summed E-state index contributed by atoms with van der Waals surface area (Å²) in [7, 11) is 1.94. The standard InChI is InChI=1S/C13H16N2O/c1-9-4-5-12(10(2)15-9)13(14-3)11-6-7-16-8-11/h4-8,13-14H,1-3H3. The van der Waals surface area contributed by atoms with Crippen molar-refractivity contribution in [3.8, 4) is 0 Å². The monoisotopic (exact) mass is 216 g/mol. The van der Waals surface area contributed by atoms with Crippen molar-refractivity contribution < 1.29 is 4.42 Å². The molecule has 0 amide bonds. The largest absolute Gasteiger partial charge is 0.472 e. The fraction of sp³-hybridized carbons (Fsp3) is 0.308. The van der Waals surface area contributed by atoms with Crippen molar-refractivity contribution in [3.63, 3.8) is 0 Å². The number of hydrogen-bond acceptors (Lipinski definition) is 3. The van der Waals surface area contributed by atoms with Gasteiger partial charge in [-0.3, -0.25) is 4.98 Å². The van der Waals surface area contributed by atoms with Crippen molar-refractivity contribution in [3.05, 3.63) is 53.2 Å². The summed E-state index contributed by atoms with van der Waals surface area (Å²) in [6.07, 6.45) is 3.46. The molecule has 84 valence electrons. The smallest absolute Gasteiger partial charge is 0.0953 e. The third-order valence-electron chi connectivity index (χ3n) is 2.74. The highest BCUT2D eigenvalue weighted by Crippen LogP contribution is 2.24. The van der Waals surface area contributed by atoms with Crippen molar-refractivity contribution in [1.29, 1.82) is 0 Å². The molecule has 0 bridgehead atoms. The summed E-state index contributed by atoms with van der Waals surface area (Å²) >= 11 is 0. The Balaban J connectivity index is 2.41. The summed E-state index contributed by atoms with van der Waals surface area (Å²) in [5, 5.41) is 3.28. The van der Waals surface area contributed by atoms with Crippen LogP contribution in [0, 0.1) is 13.8 Å². The zero-order valence-electron chi connectivity index (χ0n) is 9.82. The van der Waals surface area contributed by atoms with Crippen LogP contribution in [0.25, 0.3) is 0 Å². The van der Waals surface area contributed by atoms with Gasteiger partial charge in [-0.1, -0.05) is 6.07 Å². The van der Waals surface area contributed by atoms with Crippen LogP contribution in [0.1, 0.15) is 28.6 Å². The van der Waals surface area contributed by atoms with E-state index in [0.717, 1.165) is 17.0 Å². The van der Waals surface area contributed by atoms with E-state index in [2.05, 4.69) is 16.4 Å². The van der Waals surface area contributed by atoms with E-state index in [9.17, 15) is 0 Å². The Morgan fingerprint density at radius 3 is 2.62 bits per heavy atom. The predicted octanol–water partition coefficient (Wildman–Crippen LogP) is 2.60. The predicted molar refractivity (Wildman–Crippen MR) is 63.3 cm³/mol. The summed E-state index contributed by atoms with van der Waals surface area (Å²) in [5.74, 6) is 0. The van der Waals surface area contributed by atoms with Gasteiger partial charge in [-0.2, -0.15) is 0 Å². The van der Waals surface area contributed by atoms with Gasteiger partial charge in [-0.05, 0) is 38.6 Å². The first-order chi connectivity index (χ1) is 7.72. The van der Waals surface area contributed by atoms with Crippen LogP contribution in [-0.2, 0) is 0 Å². The third-order valence-corrected chi connectivity index (χ3v) is 2.74. The lowest BCUT2D eigenvalue weighted by Gasteiger charge is -2.17. The molecule has 0 aromatic carbocycles. The fourth-order valence-electron chi connectivity index (χ4n) is 1.94. The maximum Gasteiger partial charge on any atom is 0.0953 e. The Bertz CT molecular complexity index is 463. The lowest BCUT2D eigenvalue weighted by molar-refractivity contribution is 0.557. The quantitative estimate of drug-likeness (QED) is 0.857. The van der Waals surface area contributed by atoms with Crippen molar-refractivity contribution in [2.24, 2.45) is 0 Å². The molecule has 1 atom stereocenters. The highest BCUT2D eigenvalue weighted by Gasteiger charge is 2.15. The van der Waals surface area contributed by atoms with Gasteiger partial charge in [0.05, 0.1) is 18.6 Å². The zero-order valence-corrected chi connectivity index (χ0v) is 9.82. The molecule has 0 aliphatic carbocycles. The first kappa shape index (κ1) is 10.9. The van der Waals surface area contributed by atoms with Gasteiger partial charge in [0.2, 0.25) is 0 Å². The van der Waals surface area contributed by atoms with Gasteiger partial charge in [-0.25, -0.2) is 0 Å². The van der Waals surface area contributed by atoms with Crippen LogP contribution < -0.4 is 5.32 Å². The second-order valence-corrected chi connectivity index (χ2v) is 3.91. The van der Waals surface area contributed by atoms with Crippen molar-refractivity contribution >= 4 is 0 Å². The van der Waals surface area contributed by atoms with E-state index in [1.54, 1.807) is 12.5 Å². The topological polar surface area (TPSA) is 38.1 Å². The molecule has 2 aromatic heterocycles. The van der Waals surface area contributed by atoms with Crippen molar-refractivity contribution in [1.82, 2.24) is 10.3 Å². The van der Waals surface area contributed by atoms with Crippen LogP contribution in [0.3, 0.4) is 0 Å². The second kappa shape index (κ2) is 4.49. The molecule has 2 aromatic rings. The van der Waals surface area contributed by atoms with E-state index < -0.39 is 0 Å². The summed E-state index contributed by atoms with van der Waals surface area (Å²) in [6, 6.07) is 6.27. The normalized spacial score (nSPS) is 12.7. The second-order valence-electron chi connectivity index (χ2n) is 3.91. The molecule has 1 N–H and O–H groups in total. The van der Waals surface area contributed by atoms with Crippen LogP contribution in [-0.4, -0.2) is 12.0 Å². The van der Waals surface area contributed by atoms with E-state index in [4.69, 9.17) is 4.42 Å². The minimum Gasteiger partial charge on any atom is -0.472 e. The number of hydrogen-bond donors (Lipinski definition) is 1. The van der Waals surface area contributed by atoms with Gasteiger partial charge in [0.25, 0.3) is 0 Å². The fourth-order valence-corrected chi connectivity index (χ4v) is 1.94. The number of rotatable bonds is 3. The van der Waals surface area contributed by atoms with Gasteiger partial charge in [0.15, 0.2) is 0 Å². The van der Waals surface area contributed by atoms with E-state index in [1.807, 2.05) is 33.0 Å². The molecule has 0 fully saturated rings.